The Labute approximate surface area is 52.0 Å². The number of nitrogens with zero attached hydrogens (tertiary/aromatic N) is 1. The van der Waals surface area contributed by atoms with Gasteiger partial charge >= 0.3 is 11.8 Å². The van der Waals surface area contributed by atoms with Crippen molar-refractivity contribution in [3.8, 4) is 0 Å². The lowest BCUT2D eigenvalue weighted by Gasteiger charge is -2.07. The van der Waals surface area contributed by atoms with Crippen LogP contribution < -0.4 is 5.73 Å². The molecule has 0 aromatic rings. The summed E-state index contributed by atoms with van der Waals surface area (Å²) in [4.78, 5) is 20.2. The summed E-state index contributed by atoms with van der Waals surface area (Å²) < 4.78 is 0. The molecule has 3 N–H and O–H groups in total. The molecule has 52 valence electrons. The van der Waals surface area contributed by atoms with Gasteiger partial charge in [0.2, 0.25) is 0 Å². The van der Waals surface area contributed by atoms with E-state index in [2.05, 4.69) is 5.73 Å². The van der Waals surface area contributed by atoms with Gasteiger partial charge in [0.15, 0.2) is 0 Å². The van der Waals surface area contributed by atoms with Crippen molar-refractivity contribution in [1.82, 2.24) is 5.06 Å². The zero-order chi connectivity index (χ0) is 7.44. The summed E-state index contributed by atoms with van der Waals surface area (Å²) in [5.74, 6) is -2.24. The van der Waals surface area contributed by atoms with Crippen LogP contribution in [0.1, 0.15) is 6.92 Å². The van der Waals surface area contributed by atoms with Crippen molar-refractivity contribution < 1.29 is 14.8 Å². The quantitative estimate of drug-likeness (QED) is 0.264. The third-order valence-corrected chi connectivity index (χ3v) is 0.745. The second kappa shape index (κ2) is 3.03. The number of hydroxylamine groups is 2. The molecule has 0 aliphatic heterocycles. The zero-order valence-electron chi connectivity index (χ0n) is 5.00. The molecular weight excluding hydrogens is 124 g/mol. The van der Waals surface area contributed by atoms with Crippen molar-refractivity contribution in [3.63, 3.8) is 0 Å². The summed E-state index contributed by atoms with van der Waals surface area (Å²) >= 11 is 0. The molecule has 0 aliphatic carbocycles. The molecule has 0 heterocycles. The Morgan fingerprint density at radius 3 is 2.22 bits per heavy atom. The molecule has 5 nitrogen and oxygen atoms in total. The number of carbonyl (C=O) groups excluding carboxylic acids is 2. The lowest BCUT2D eigenvalue weighted by molar-refractivity contribution is -0.169. The Kier molecular flexibility index (Phi) is 2.66. The van der Waals surface area contributed by atoms with E-state index in [4.69, 9.17) is 5.21 Å². The van der Waals surface area contributed by atoms with Gasteiger partial charge in [-0.15, -0.1) is 0 Å². The Hall–Kier alpha value is -1.10. The minimum Gasteiger partial charge on any atom is -0.361 e. The van der Waals surface area contributed by atoms with Gasteiger partial charge in [0.1, 0.15) is 0 Å². The molecule has 0 aromatic carbocycles. The minimum atomic E-state index is -1.15. The number of likely N-dealkylation sites (N-methyl/N-ethyl adjacent to an activating group) is 1. The van der Waals surface area contributed by atoms with Crippen molar-refractivity contribution >= 4 is 11.8 Å². The normalized spacial score (nSPS) is 8.67. The highest BCUT2D eigenvalue weighted by Crippen LogP contribution is 1.79. The first-order chi connectivity index (χ1) is 4.09. The Morgan fingerprint density at radius 2 is 2.11 bits per heavy atom. The molecule has 9 heavy (non-hydrogen) atoms. The summed E-state index contributed by atoms with van der Waals surface area (Å²) in [7, 11) is 0. The largest absolute Gasteiger partial charge is 0.361 e. The lowest BCUT2D eigenvalue weighted by Crippen LogP contribution is -2.37. The van der Waals surface area contributed by atoms with Crippen molar-refractivity contribution in [2.45, 2.75) is 6.92 Å². The van der Waals surface area contributed by atoms with E-state index in [1.807, 2.05) is 0 Å². The van der Waals surface area contributed by atoms with Gasteiger partial charge in [-0.05, 0) is 6.92 Å². The molecule has 0 saturated heterocycles. The van der Waals surface area contributed by atoms with Crippen LogP contribution in [0.25, 0.3) is 0 Å². The van der Waals surface area contributed by atoms with Crippen molar-refractivity contribution in [2.24, 2.45) is 5.73 Å². The predicted molar refractivity (Wildman–Crippen MR) is 28.4 cm³/mol. The highest BCUT2D eigenvalue weighted by molar-refractivity contribution is 6.33. The first kappa shape index (κ1) is 7.90. The average Bonchev–Trinajstić information content (AvgIpc) is 1.84. The van der Waals surface area contributed by atoms with Gasteiger partial charge < -0.3 is 5.73 Å². The van der Waals surface area contributed by atoms with Crippen LogP contribution in [0.2, 0.25) is 0 Å². The van der Waals surface area contributed by atoms with Gasteiger partial charge in [-0.3, -0.25) is 14.8 Å². The molecule has 0 bridgehead atoms. The predicted octanol–water partition coefficient (Wildman–Crippen LogP) is -1.29. The molecule has 0 atom stereocenters. The number of hydrogen-bond acceptors (Lipinski definition) is 3. The molecule has 0 aliphatic rings. The first-order valence-electron chi connectivity index (χ1n) is 2.39. The van der Waals surface area contributed by atoms with Crippen LogP contribution in [0.5, 0.6) is 0 Å². The minimum absolute atomic E-state index is 0.0573. The summed E-state index contributed by atoms with van der Waals surface area (Å²) in [6.45, 7) is 1.57. The maximum atomic E-state index is 10.3. The number of rotatable bonds is 1. The van der Waals surface area contributed by atoms with Crippen LogP contribution in [0, 0.1) is 0 Å². The molecule has 0 unspecified atom stereocenters. The number of amides is 2. The number of carbonyl (C=O) groups is 2. The lowest BCUT2D eigenvalue weighted by atomic mass is 10.5. The van der Waals surface area contributed by atoms with Gasteiger partial charge in [0.05, 0.1) is 0 Å². The summed E-state index contributed by atoms with van der Waals surface area (Å²) in [5.41, 5.74) is 4.52. The van der Waals surface area contributed by atoms with Gasteiger partial charge in [-0.1, -0.05) is 0 Å². The van der Waals surface area contributed by atoms with Gasteiger partial charge in [0.25, 0.3) is 0 Å². The molecular formula is C4H8N2O3. The number of primary amides is 1. The van der Waals surface area contributed by atoms with E-state index in [-0.39, 0.29) is 11.6 Å². The van der Waals surface area contributed by atoms with Crippen LogP contribution in [0.4, 0.5) is 0 Å². The highest BCUT2D eigenvalue weighted by atomic mass is 16.5. The molecule has 5 heteroatoms. The summed E-state index contributed by atoms with van der Waals surface area (Å²) in [6.07, 6.45) is 0. The van der Waals surface area contributed by atoms with E-state index in [0.29, 0.717) is 0 Å². The maximum Gasteiger partial charge on any atom is 0.334 e. The molecule has 0 rings (SSSR count). The third kappa shape index (κ3) is 2.09. The molecule has 0 saturated carbocycles. The highest BCUT2D eigenvalue weighted by Gasteiger charge is 2.13. The third-order valence-electron chi connectivity index (χ3n) is 0.745. The van der Waals surface area contributed by atoms with Crippen LogP contribution >= 0.6 is 0 Å². The fraction of sp³-hybridized carbons (Fsp3) is 0.500. The van der Waals surface area contributed by atoms with Crippen molar-refractivity contribution in [1.29, 1.82) is 0 Å². The molecule has 0 radical (unpaired) electrons. The van der Waals surface area contributed by atoms with Gasteiger partial charge in [0, 0.05) is 6.54 Å². The van der Waals surface area contributed by atoms with Crippen LogP contribution in [-0.2, 0) is 9.59 Å². The fourth-order valence-electron chi connectivity index (χ4n) is 0.271. The zero-order valence-corrected chi connectivity index (χ0v) is 5.00. The summed E-state index contributed by atoms with van der Waals surface area (Å²) in [6, 6.07) is 0. The topological polar surface area (TPSA) is 83.6 Å². The van der Waals surface area contributed by atoms with Crippen molar-refractivity contribution in [2.75, 3.05) is 6.54 Å². The van der Waals surface area contributed by atoms with E-state index in [1.165, 1.54) is 6.92 Å². The van der Waals surface area contributed by atoms with E-state index in [9.17, 15) is 9.59 Å². The smallest absolute Gasteiger partial charge is 0.334 e. The van der Waals surface area contributed by atoms with Crippen LogP contribution in [0.15, 0.2) is 0 Å². The Bertz CT molecular complexity index is 134. The van der Waals surface area contributed by atoms with Gasteiger partial charge in [-0.25, -0.2) is 5.06 Å². The van der Waals surface area contributed by atoms with E-state index < -0.39 is 11.8 Å². The first-order valence-corrected chi connectivity index (χ1v) is 2.39. The second-order valence-electron chi connectivity index (χ2n) is 1.39. The maximum absolute atomic E-state index is 10.3. The van der Waals surface area contributed by atoms with E-state index >= 15 is 0 Å². The molecule has 2 amide bonds. The second-order valence-corrected chi connectivity index (χ2v) is 1.39. The molecule has 0 fully saturated rings. The average molecular weight is 132 g/mol. The molecule has 0 spiro atoms. The monoisotopic (exact) mass is 132 g/mol. The van der Waals surface area contributed by atoms with E-state index in [1.54, 1.807) is 0 Å². The standard InChI is InChI=1S/C4H8N2O3/c1-2-6(9)4(8)3(5)7/h9H,2H2,1H3,(H2,5,7). The van der Waals surface area contributed by atoms with Crippen LogP contribution in [-0.4, -0.2) is 28.6 Å². The fourth-order valence-corrected chi connectivity index (χ4v) is 0.271. The van der Waals surface area contributed by atoms with Crippen molar-refractivity contribution in [3.05, 3.63) is 0 Å². The number of nitrogens with two attached hydrogens (primary N) is 1. The SMILES string of the molecule is CCN(O)C(=O)C(N)=O. The molecule has 0 aromatic heterocycles. The Balaban J connectivity index is 3.88. The van der Waals surface area contributed by atoms with Crippen LogP contribution in [0.3, 0.4) is 0 Å². The Morgan fingerprint density at radius 1 is 1.67 bits per heavy atom. The summed E-state index contributed by atoms with van der Waals surface area (Å²) in [5, 5.41) is 8.73. The van der Waals surface area contributed by atoms with E-state index in [0.717, 1.165) is 0 Å². The van der Waals surface area contributed by atoms with Gasteiger partial charge in [-0.2, -0.15) is 0 Å². The number of hydrogen-bond donors (Lipinski definition) is 2.